The van der Waals surface area contributed by atoms with Gasteiger partial charge in [-0.3, -0.25) is 14.6 Å². The second-order valence-electron chi connectivity index (χ2n) is 5.96. The molecule has 0 aliphatic heterocycles. The number of thioether (sulfide) groups is 1. The molecule has 1 aromatic carbocycles. The summed E-state index contributed by atoms with van der Waals surface area (Å²) in [6.45, 7) is 2.25. The Morgan fingerprint density at radius 1 is 1.22 bits per heavy atom. The number of hydrogen-bond donors (Lipinski definition) is 2. The molecular formula is C19H21Cl2N3O2S. The minimum atomic E-state index is -0.657. The van der Waals surface area contributed by atoms with E-state index in [0.717, 1.165) is 17.0 Å². The normalized spacial score (nSPS) is 11.7. The molecule has 0 fully saturated rings. The van der Waals surface area contributed by atoms with Crippen molar-refractivity contribution in [2.75, 3.05) is 12.0 Å². The number of aryl methyl sites for hydroxylation is 1. The summed E-state index contributed by atoms with van der Waals surface area (Å²) in [6.07, 6.45) is 4.18. The highest BCUT2D eigenvalue weighted by Gasteiger charge is 2.22. The lowest BCUT2D eigenvalue weighted by Crippen LogP contribution is -2.47. The molecule has 0 aliphatic carbocycles. The van der Waals surface area contributed by atoms with E-state index in [9.17, 15) is 9.59 Å². The summed E-state index contributed by atoms with van der Waals surface area (Å²) >= 11 is 13.6. The van der Waals surface area contributed by atoms with E-state index in [-0.39, 0.29) is 16.5 Å². The molecule has 1 unspecified atom stereocenters. The maximum atomic E-state index is 12.6. The van der Waals surface area contributed by atoms with Gasteiger partial charge < -0.3 is 10.6 Å². The van der Waals surface area contributed by atoms with Crippen LogP contribution in [0.2, 0.25) is 10.0 Å². The molecule has 27 heavy (non-hydrogen) atoms. The molecule has 144 valence electrons. The minimum absolute atomic E-state index is 0.245. The molecule has 0 spiro atoms. The number of hydrogen-bond acceptors (Lipinski definition) is 4. The summed E-state index contributed by atoms with van der Waals surface area (Å²) in [5.41, 5.74) is 2.09. The van der Waals surface area contributed by atoms with Crippen molar-refractivity contribution in [1.29, 1.82) is 0 Å². The van der Waals surface area contributed by atoms with Gasteiger partial charge in [0.05, 0.1) is 10.6 Å². The lowest BCUT2D eigenvalue weighted by atomic mass is 10.1. The Hall–Kier alpha value is -1.76. The smallest absolute Gasteiger partial charge is 0.253 e. The summed E-state index contributed by atoms with van der Waals surface area (Å²) in [5.74, 6) is 0.0803. The molecule has 1 heterocycles. The highest BCUT2D eigenvalue weighted by Crippen LogP contribution is 2.21. The van der Waals surface area contributed by atoms with Gasteiger partial charge >= 0.3 is 0 Å². The standard InChI is InChI=1S/C19H21Cl2N3O2S/c1-12-3-4-13(10-22-12)11-23-19(26)17(7-8-27-2)24-18(25)15-6-5-14(20)9-16(15)21/h3-6,9-10,17H,7-8,11H2,1-2H3,(H,23,26)(H,24,25). The predicted molar refractivity (Wildman–Crippen MR) is 112 cm³/mol. The third-order valence-corrected chi connectivity index (χ3v) is 5.04. The van der Waals surface area contributed by atoms with E-state index in [1.54, 1.807) is 30.1 Å². The zero-order chi connectivity index (χ0) is 19.8. The molecule has 0 radical (unpaired) electrons. The fraction of sp³-hybridized carbons (Fsp3) is 0.316. The van der Waals surface area contributed by atoms with Gasteiger partial charge in [0.2, 0.25) is 5.91 Å². The van der Waals surface area contributed by atoms with E-state index in [1.165, 1.54) is 6.07 Å². The molecular weight excluding hydrogens is 405 g/mol. The Morgan fingerprint density at radius 3 is 2.63 bits per heavy atom. The number of halogens is 2. The molecule has 0 saturated heterocycles. The van der Waals surface area contributed by atoms with Gasteiger partial charge in [0, 0.05) is 23.5 Å². The Bertz CT molecular complexity index is 800. The lowest BCUT2D eigenvalue weighted by Gasteiger charge is -2.18. The second kappa shape index (κ2) is 10.5. The Morgan fingerprint density at radius 2 is 2.00 bits per heavy atom. The van der Waals surface area contributed by atoms with Crippen LogP contribution in [0.15, 0.2) is 36.5 Å². The van der Waals surface area contributed by atoms with Gasteiger partial charge in [-0.1, -0.05) is 29.3 Å². The van der Waals surface area contributed by atoms with Gasteiger partial charge in [0.15, 0.2) is 0 Å². The zero-order valence-corrected chi connectivity index (χ0v) is 17.4. The van der Waals surface area contributed by atoms with Crippen molar-refractivity contribution in [1.82, 2.24) is 15.6 Å². The number of amides is 2. The van der Waals surface area contributed by atoms with E-state index >= 15 is 0 Å². The van der Waals surface area contributed by atoms with E-state index in [4.69, 9.17) is 23.2 Å². The number of pyridine rings is 1. The fourth-order valence-electron chi connectivity index (χ4n) is 2.33. The molecule has 2 rings (SSSR count). The molecule has 2 amide bonds. The van der Waals surface area contributed by atoms with Crippen LogP contribution in [-0.2, 0) is 11.3 Å². The van der Waals surface area contributed by atoms with Crippen LogP contribution in [0.5, 0.6) is 0 Å². The molecule has 8 heteroatoms. The predicted octanol–water partition coefficient (Wildman–Crippen LogP) is 3.86. The van der Waals surface area contributed by atoms with Crippen LogP contribution in [0, 0.1) is 6.92 Å². The second-order valence-corrected chi connectivity index (χ2v) is 7.79. The van der Waals surface area contributed by atoms with Gasteiger partial charge in [-0.2, -0.15) is 11.8 Å². The average molecular weight is 426 g/mol. The lowest BCUT2D eigenvalue weighted by molar-refractivity contribution is -0.123. The summed E-state index contributed by atoms with van der Waals surface area (Å²) in [4.78, 5) is 29.3. The van der Waals surface area contributed by atoms with Crippen LogP contribution < -0.4 is 10.6 Å². The summed E-state index contributed by atoms with van der Waals surface area (Å²) in [5, 5.41) is 6.31. The van der Waals surface area contributed by atoms with Crippen molar-refractivity contribution in [3.63, 3.8) is 0 Å². The van der Waals surface area contributed by atoms with Gasteiger partial charge in [-0.05, 0) is 55.2 Å². The number of carbonyl (C=O) groups excluding carboxylic acids is 2. The molecule has 0 saturated carbocycles. The summed E-state index contributed by atoms with van der Waals surface area (Å²) in [6, 6.07) is 7.77. The van der Waals surface area contributed by atoms with Gasteiger partial charge in [-0.25, -0.2) is 0 Å². The minimum Gasteiger partial charge on any atom is -0.350 e. The molecule has 2 N–H and O–H groups in total. The quantitative estimate of drug-likeness (QED) is 0.673. The van der Waals surface area contributed by atoms with Crippen molar-refractivity contribution in [3.8, 4) is 0 Å². The van der Waals surface area contributed by atoms with Crippen molar-refractivity contribution in [3.05, 3.63) is 63.4 Å². The van der Waals surface area contributed by atoms with Gasteiger partial charge in [-0.15, -0.1) is 0 Å². The maximum Gasteiger partial charge on any atom is 0.253 e. The molecule has 1 aromatic heterocycles. The summed E-state index contributed by atoms with van der Waals surface area (Å²) < 4.78 is 0. The van der Waals surface area contributed by atoms with E-state index in [1.807, 2.05) is 25.3 Å². The first-order chi connectivity index (χ1) is 12.9. The zero-order valence-electron chi connectivity index (χ0n) is 15.1. The van der Waals surface area contributed by atoms with Crippen LogP contribution in [0.3, 0.4) is 0 Å². The van der Waals surface area contributed by atoms with Crippen molar-refractivity contribution in [2.24, 2.45) is 0 Å². The molecule has 5 nitrogen and oxygen atoms in total. The van der Waals surface area contributed by atoms with Crippen molar-refractivity contribution < 1.29 is 9.59 Å². The Labute approximate surface area is 173 Å². The van der Waals surface area contributed by atoms with E-state index in [0.29, 0.717) is 18.0 Å². The monoisotopic (exact) mass is 425 g/mol. The average Bonchev–Trinajstić information content (AvgIpc) is 2.64. The first-order valence-electron chi connectivity index (χ1n) is 8.35. The largest absolute Gasteiger partial charge is 0.350 e. The number of aromatic nitrogens is 1. The molecule has 1 atom stereocenters. The van der Waals surface area contributed by atoms with E-state index < -0.39 is 11.9 Å². The van der Waals surface area contributed by atoms with Crippen LogP contribution in [0.4, 0.5) is 0 Å². The van der Waals surface area contributed by atoms with Crippen LogP contribution in [-0.4, -0.2) is 34.8 Å². The molecule has 0 aliphatic rings. The third-order valence-electron chi connectivity index (χ3n) is 3.85. The number of rotatable bonds is 8. The Balaban J connectivity index is 2.03. The van der Waals surface area contributed by atoms with Crippen LogP contribution in [0.1, 0.15) is 28.0 Å². The first-order valence-corrected chi connectivity index (χ1v) is 10.5. The number of benzene rings is 1. The molecule has 0 bridgehead atoms. The third kappa shape index (κ3) is 6.72. The van der Waals surface area contributed by atoms with E-state index in [2.05, 4.69) is 15.6 Å². The number of carbonyl (C=O) groups is 2. The highest BCUT2D eigenvalue weighted by molar-refractivity contribution is 7.98. The highest BCUT2D eigenvalue weighted by atomic mass is 35.5. The number of nitrogens with one attached hydrogen (secondary N) is 2. The first kappa shape index (κ1) is 21.5. The Kier molecular flexibility index (Phi) is 8.41. The van der Waals surface area contributed by atoms with Crippen LogP contribution >= 0.6 is 35.0 Å². The topological polar surface area (TPSA) is 71.1 Å². The van der Waals surface area contributed by atoms with Gasteiger partial charge in [0.1, 0.15) is 6.04 Å². The molecule has 2 aromatic rings. The maximum absolute atomic E-state index is 12.6. The van der Waals surface area contributed by atoms with Gasteiger partial charge in [0.25, 0.3) is 5.91 Å². The SMILES string of the molecule is CSCCC(NC(=O)c1ccc(Cl)cc1Cl)C(=O)NCc1ccc(C)nc1. The van der Waals surface area contributed by atoms with Crippen molar-refractivity contribution >= 4 is 46.8 Å². The summed E-state index contributed by atoms with van der Waals surface area (Å²) in [7, 11) is 0. The van der Waals surface area contributed by atoms with Crippen LogP contribution in [0.25, 0.3) is 0 Å². The fourth-order valence-corrected chi connectivity index (χ4v) is 3.30. The number of nitrogens with zero attached hydrogens (tertiary/aromatic N) is 1. The van der Waals surface area contributed by atoms with Crippen molar-refractivity contribution in [2.45, 2.75) is 25.9 Å².